The standard InChI is InChI=1S/C26H32N2O4S/c1-16-2-11-25(27-15-16)28-26(30)23(13-17-3-7-20(29)12-17)19-6-10-24(22(14-19)18-4-5-18)33(31,32)21-8-9-21/h2,6,10-11,14-15,17-18,20-21,23,29H,3-5,7-9,12-13H2,1H3,(H,27,28,30)/t17-,20?,23+/m0/s1. The van der Waals surface area contributed by atoms with Crippen LogP contribution in [0.5, 0.6) is 0 Å². The summed E-state index contributed by atoms with van der Waals surface area (Å²) in [5.74, 6) is 0.494. The monoisotopic (exact) mass is 468 g/mol. The van der Waals surface area contributed by atoms with Crippen LogP contribution in [-0.2, 0) is 14.6 Å². The van der Waals surface area contributed by atoms with Crippen LogP contribution >= 0.6 is 0 Å². The maximum absolute atomic E-state index is 13.4. The van der Waals surface area contributed by atoms with Crippen molar-refractivity contribution in [1.82, 2.24) is 4.98 Å². The molecule has 1 heterocycles. The minimum atomic E-state index is -3.29. The summed E-state index contributed by atoms with van der Waals surface area (Å²) in [4.78, 5) is 18.2. The summed E-state index contributed by atoms with van der Waals surface area (Å²) in [5.41, 5.74) is 2.76. The lowest BCUT2D eigenvalue weighted by Crippen LogP contribution is -2.24. The summed E-state index contributed by atoms with van der Waals surface area (Å²) in [7, 11) is -3.29. The number of hydrogen-bond acceptors (Lipinski definition) is 5. The minimum absolute atomic E-state index is 0.132. The highest BCUT2D eigenvalue weighted by Crippen LogP contribution is 2.47. The lowest BCUT2D eigenvalue weighted by molar-refractivity contribution is -0.118. The lowest BCUT2D eigenvalue weighted by Gasteiger charge is -2.22. The van der Waals surface area contributed by atoms with Crippen molar-refractivity contribution in [3.63, 3.8) is 0 Å². The van der Waals surface area contributed by atoms with Crippen molar-refractivity contribution in [3.8, 4) is 0 Å². The SMILES string of the molecule is Cc1ccc(NC(=O)[C@H](C[C@H]2CCC(O)C2)c2ccc(S(=O)(=O)C3CC3)c(C3CC3)c2)nc1. The average molecular weight is 469 g/mol. The molecule has 7 heteroatoms. The summed E-state index contributed by atoms with van der Waals surface area (Å²) < 4.78 is 26.1. The first-order valence-electron chi connectivity index (χ1n) is 12.1. The number of benzene rings is 1. The van der Waals surface area contributed by atoms with Crippen LogP contribution in [0.2, 0.25) is 0 Å². The maximum Gasteiger partial charge on any atom is 0.233 e. The number of aromatic nitrogens is 1. The third-order valence-corrected chi connectivity index (χ3v) is 9.62. The molecular weight excluding hydrogens is 436 g/mol. The van der Waals surface area contributed by atoms with Gasteiger partial charge in [-0.15, -0.1) is 0 Å². The molecule has 2 N–H and O–H groups in total. The first kappa shape index (κ1) is 22.5. The smallest absolute Gasteiger partial charge is 0.233 e. The van der Waals surface area contributed by atoms with Crippen molar-refractivity contribution in [3.05, 3.63) is 53.2 Å². The molecule has 0 spiro atoms. The van der Waals surface area contributed by atoms with Gasteiger partial charge < -0.3 is 10.4 Å². The molecule has 3 saturated carbocycles. The van der Waals surface area contributed by atoms with Crippen LogP contribution < -0.4 is 5.32 Å². The fourth-order valence-corrected chi connectivity index (χ4v) is 6.99. The van der Waals surface area contributed by atoms with Gasteiger partial charge in [0.1, 0.15) is 5.82 Å². The topological polar surface area (TPSA) is 96.4 Å². The largest absolute Gasteiger partial charge is 0.393 e. The molecular formula is C26H32N2O4S. The molecule has 1 aromatic carbocycles. The molecule has 0 radical (unpaired) electrons. The van der Waals surface area contributed by atoms with E-state index in [2.05, 4.69) is 10.3 Å². The Labute approximate surface area is 195 Å². The van der Waals surface area contributed by atoms with Crippen LogP contribution in [0.3, 0.4) is 0 Å². The first-order chi connectivity index (χ1) is 15.8. The molecule has 33 heavy (non-hydrogen) atoms. The fourth-order valence-electron chi connectivity index (χ4n) is 5.06. The van der Waals surface area contributed by atoms with Crippen LogP contribution in [0.25, 0.3) is 0 Å². The van der Waals surface area contributed by atoms with E-state index in [9.17, 15) is 18.3 Å². The molecule has 3 aliphatic rings. The van der Waals surface area contributed by atoms with Crippen molar-refractivity contribution >= 4 is 21.6 Å². The molecule has 176 valence electrons. The normalized spacial score (nSPS) is 23.9. The van der Waals surface area contributed by atoms with E-state index in [1.165, 1.54) is 0 Å². The van der Waals surface area contributed by atoms with Gasteiger partial charge in [-0.3, -0.25) is 4.79 Å². The number of anilines is 1. The zero-order chi connectivity index (χ0) is 23.2. The van der Waals surface area contributed by atoms with Gasteiger partial charge in [0.25, 0.3) is 0 Å². The second kappa shape index (κ2) is 8.84. The van der Waals surface area contributed by atoms with Gasteiger partial charge in [-0.2, -0.15) is 0 Å². The van der Waals surface area contributed by atoms with Gasteiger partial charge in [0, 0.05) is 6.20 Å². The molecule has 0 bridgehead atoms. The number of carbonyl (C=O) groups is 1. The van der Waals surface area contributed by atoms with Crippen LogP contribution in [0, 0.1) is 12.8 Å². The Bertz CT molecular complexity index is 1140. The van der Waals surface area contributed by atoms with E-state index in [0.29, 0.717) is 23.6 Å². The molecule has 1 aromatic heterocycles. The van der Waals surface area contributed by atoms with Crippen LogP contribution in [-0.4, -0.2) is 35.8 Å². The predicted octanol–water partition coefficient (Wildman–Crippen LogP) is 4.48. The fraction of sp³-hybridized carbons (Fsp3) is 0.538. The quantitative estimate of drug-likeness (QED) is 0.596. The molecule has 3 fully saturated rings. The second-order valence-corrected chi connectivity index (χ2v) is 12.3. The lowest BCUT2D eigenvalue weighted by atomic mass is 9.86. The van der Waals surface area contributed by atoms with Gasteiger partial charge in [-0.25, -0.2) is 13.4 Å². The highest BCUT2D eigenvalue weighted by molar-refractivity contribution is 7.92. The highest BCUT2D eigenvalue weighted by atomic mass is 32.2. The predicted molar refractivity (Wildman–Crippen MR) is 127 cm³/mol. The molecule has 0 aliphatic heterocycles. The van der Waals surface area contributed by atoms with Crippen molar-refractivity contribution in [2.45, 2.75) is 86.4 Å². The Kier molecular flexibility index (Phi) is 6.04. The molecule has 3 aliphatic carbocycles. The van der Waals surface area contributed by atoms with Crippen molar-refractivity contribution < 1.29 is 18.3 Å². The van der Waals surface area contributed by atoms with Gasteiger partial charge in [-0.05, 0) is 98.9 Å². The third kappa shape index (κ3) is 4.99. The summed E-state index contributed by atoms with van der Waals surface area (Å²) >= 11 is 0. The number of aliphatic hydroxyl groups excluding tert-OH is 1. The van der Waals surface area contributed by atoms with Gasteiger partial charge in [0.15, 0.2) is 9.84 Å². The minimum Gasteiger partial charge on any atom is -0.393 e. The average Bonchev–Trinajstić information content (AvgIpc) is 3.70. The first-order valence-corrected chi connectivity index (χ1v) is 13.6. The number of aryl methyl sites for hydroxylation is 1. The summed E-state index contributed by atoms with van der Waals surface area (Å²) in [6, 6.07) is 9.26. The number of aliphatic hydroxyl groups is 1. The molecule has 1 amide bonds. The molecule has 0 saturated heterocycles. The summed E-state index contributed by atoms with van der Waals surface area (Å²) in [6.07, 6.45) is 7.90. The number of nitrogens with one attached hydrogen (secondary N) is 1. The zero-order valence-corrected chi connectivity index (χ0v) is 19.9. The Hall–Kier alpha value is -2.25. The van der Waals surface area contributed by atoms with Gasteiger partial charge >= 0.3 is 0 Å². The van der Waals surface area contributed by atoms with Crippen molar-refractivity contribution in [2.24, 2.45) is 5.92 Å². The van der Waals surface area contributed by atoms with E-state index < -0.39 is 15.8 Å². The molecule has 6 nitrogen and oxygen atoms in total. The van der Waals surface area contributed by atoms with Crippen molar-refractivity contribution in [2.75, 3.05) is 5.32 Å². The molecule has 5 rings (SSSR count). The summed E-state index contributed by atoms with van der Waals surface area (Å²) in [5, 5.41) is 12.7. The Balaban J connectivity index is 1.46. The van der Waals surface area contributed by atoms with E-state index >= 15 is 0 Å². The van der Waals surface area contributed by atoms with E-state index in [-0.39, 0.29) is 29.1 Å². The van der Waals surface area contributed by atoms with Gasteiger partial charge in [-0.1, -0.05) is 18.2 Å². The molecule has 1 unspecified atom stereocenters. The van der Waals surface area contributed by atoms with E-state index in [1.54, 1.807) is 18.3 Å². The molecule has 2 aromatic rings. The van der Waals surface area contributed by atoms with Crippen LogP contribution in [0.15, 0.2) is 41.4 Å². The van der Waals surface area contributed by atoms with E-state index in [0.717, 1.165) is 55.2 Å². The van der Waals surface area contributed by atoms with Crippen LogP contribution in [0.1, 0.15) is 79.9 Å². The Morgan fingerprint density at radius 3 is 2.52 bits per heavy atom. The number of amides is 1. The second-order valence-electron chi connectivity index (χ2n) is 10.1. The number of sulfone groups is 1. The molecule has 3 atom stereocenters. The number of hydrogen-bond donors (Lipinski definition) is 2. The maximum atomic E-state index is 13.4. The third-order valence-electron chi connectivity index (χ3n) is 7.28. The van der Waals surface area contributed by atoms with Crippen molar-refractivity contribution in [1.29, 1.82) is 0 Å². The van der Waals surface area contributed by atoms with Gasteiger partial charge in [0.2, 0.25) is 5.91 Å². The van der Waals surface area contributed by atoms with Crippen LogP contribution in [0.4, 0.5) is 5.82 Å². The Morgan fingerprint density at radius 1 is 1.12 bits per heavy atom. The number of carbonyl (C=O) groups excluding carboxylic acids is 1. The van der Waals surface area contributed by atoms with E-state index in [4.69, 9.17) is 0 Å². The number of rotatable bonds is 8. The summed E-state index contributed by atoms with van der Waals surface area (Å²) in [6.45, 7) is 1.95. The van der Waals surface area contributed by atoms with E-state index in [1.807, 2.05) is 25.1 Å². The zero-order valence-electron chi connectivity index (χ0n) is 19.0. The highest BCUT2D eigenvalue weighted by Gasteiger charge is 2.41. The Morgan fingerprint density at radius 2 is 1.91 bits per heavy atom. The number of nitrogens with zero attached hydrogens (tertiary/aromatic N) is 1. The van der Waals surface area contributed by atoms with Gasteiger partial charge in [0.05, 0.1) is 22.2 Å². The number of pyridine rings is 1.